The molecule has 1 aromatic rings. The lowest BCUT2D eigenvalue weighted by atomic mass is 10.1. The van der Waals surface area contributed by atoms with E-state index in [1.165, 1.54) is 0 Å². The van der Waals surface area contributed by atoms with Gasteiger partial charge in [0.1, 0.15) is 0 Å². The molecule has 4 heteroatoms. The molecule has 2 N–H and O–H groups in total. The van der Waals surface area contributed by atoms with E-state index in [0.717, 1.165) is 17.1 Å². The van der Waals surface area contributed by atoms with Crippen molar-refractivity contribution in [1.82, 2.24) is 9.78 Å². The molecular formula is C10H19N3O. The third-order valence-electron chi connectivity index (χ3n) is 2.52. The molecule has 80 valence electrons. The fraction of sp³-hybridized carbons (Fsp3) is 0.700. The molecule has 1 rings (SSSR count). The Morgan fingerprint density at radius 2 is 2.00 bits per heavy atom. The molecule has 0 saturated carbocycles. The van der Waals surface area contributed by atoms with E-state index in [4.69, 9.17) is 10.5 Å². The number of hydrogen-bond acceptors (Lipinski definition) is 3. The van der Waals surface area contributed by atoms with Gasteiger partial charge < -0.3 is 10.5 Å². The first kappa shape index (κ1) is 11.0. The predicted octanol–water partition coefficient (Wildman–Crippen LogP) is 1.51. The van der Waals surface area contributed by atoms with E-state index in [9.17, 15) is 0 Å². The molecule has 0 fully saturated rings. The number of aryl methyl sites for hydroxylation is 1. The SMILES string of the molecule is COC(C)(C)Cn1nc(C)c(N)c1C. The van der Waals surface area contributed by atoms with Gasteiger partial charge >= 0.3 is 0 Å². The molecule has 0 amide bonds. The first-order valence-electron chi connectivity index (χ1n) is 4.72. The second-order valence-electron chi connectivity index (χ2n) is 4.21. The van der Waals surface area contributed by atoms with Crippen LogP contribution in [0.2, 0.25) is 0 Å². The first-order valence-corrected chi connectivity index (χ1v) is 4.72. The van der Waals surface area contributed by atoms with Gasteiger partial charge in [-0.05, 0) is 27.7 Å². The fourth-order valence-electron chi connectivity index (χ4n) is 1.29. The Hall–Kier alpha value is -1.03. The molecule has 1 aromatic heterocycles. The Morgan fingerprint density at radius 1 is 1.43 bits per heavy atom. The molecule has 1 heterocycles. The molecule has 0 bridgehead atoms. The maximum Gasteiger partial charge on any atom is 0.0825 e. The molecule has 4 nitrogen and oxygen atoms in total. The maximum absolute atomic E-state index is 5.84. The van der Waals surface area contributed by atoms with E-state index in [1.807, 2.05) is 32.4 Å². The summed E-state index contributed by atoms with van der Waals surface area (Å²) in [5.74, 6) is 0. The fourth-order valence-corrected chi connectivity index (χ4v) is 1.29. The molecule has 0 atom stereocenters. The van der Waals surface area contributed by atoms with Crippen molar-refractivity contribution in [3.8, 4) is 0 Å². The highest BCUT2D eigenvalue weighted by molar-refractivity contribution is 5.46. The van der Waals surface area contributed by atoms with Gasteiger partial charge in [0.15, 0.2) is 0 Å². The number of nitrogens with zero attached hydrogens (tertiary/aromatic N) is 2. The standard InChI is InChI=1S/C10H19N3O/c1-7-9(11)8(2)13(12-7)6-10(3,4)14-5/h6,11H2,1-5H3. The molecular weight excluding hydrogens is 178 g/mol. The van der Waals surface area contributed by atoms with Crippen LogP contribution in [-0.4, -0.2) is 22.5 Å². The Morgan fingerprint density at radius 3 is 2.36 bits per heavy atom. The minimum absolute atomic E-state index is 0.213. The normalized spacial score (nSPS) is 12.1. The predicted molar refractivity (Wildman–Crippen MR) is 57.2 cm³/mol. The van der Waals surface area contributed by atoms with Crippen molar-refractivity contribution >= 4 is 5.69 Å². The van der Waals surface area contributed by atoms with Gasteiger partial charge in [-0.3, -0.25) is 4.68 Å². The van der Waals surface area contributed by atoms with Crippen LogP contribution in [0, 0.1) is 13.8 Å². The topological polar surface area (TPSA) is 53.1 Å². The number of methoxy groups -OCH3 is 1. The zero-order valence-electron chi connectivity index (χ0n) is 9.59. The van der Waals surface area contributed by atoms with Gasteiger partial charge in [0, 0.05) is 7.11 Å². The summed E-state index contributed by atoms with van der Waals surface area (Å²) in [6, 6.07) is 0. The average molecular weight is 197 g/mol. The lowest BCUT2D eigenvalue weighted by Gasteiger charge is -2.23. The van der Waals surface area contributed by atoms with Gasteiger partial charge in [0.2, 0.25) is 0 Å². The van der Waals surface area contributed by atoms with Crippen LogP contribution in [0.15, 0.2) is 0 Å². The van der Waals surface area contributed by atoms with Crippen molar-refractivity contribution in [3.05, 3.63) is 11.4 Å². The number of ether oxygens (including phenoxy) is 1. The number of hydrogen-bond donors (Lipinski definition) is 1. The molecule has 0 aliphatic rings. The van der Waals surface area contributed by atoms with E-state index >= 15 is 0 Å². The van der Waals surface area contributed by atoms with Gasteiger partial charge in [-0.1, -0.05) is 0 Å². The zero-order chi connectivity index (χ0) is 10.9. The Kier molecular flexibility index (Phi) is 2.85. The Bertz CT molecular complexity index is 328. The molecule has 0 unspecified atom stereocenters. The van der Waals surface area contributed by atoms with Crippen molar-refractivity contribution < 1.29 is 4.74 Å². The summed E-state index contributed by atoms with van der Waals surface area (Å²) in [4.78, 5) is 0. The van der Waals surface area contributed by atoms with Crippen LogP contribution >= 0.6 is 0 Å². The van der Waals surface area contributed by atoms with E-state index < -0.39 is 0 Å². The highest BCUT2D eigenvalue weighted by Crippen LogP contribution is 2.18. The van der Waals surface area contributed by atoms with Crippen molar-refractivity contribution in [2.45, 2.75) is 39.8 Å². The van der Waals surface area contributed by atoms with Crippen molar-refractivity contribution in [3.63, 3.8) is 0 Å². The van der Waals surface area contributed by atoms with Crippen LogP contribution in [0.4, 0.5) is 5.69 Å². The molecule has 0 aromatic carbocycles. The minimum Gasteiger partial charge on any atom is -0.396 e. The van der Waals surface area contributed by atoms with Gasteiger partial charge in [-0.25, -0.2) is 0 Å². The molecule has 0 radical (unpaired) electrons. The number of anilines is 1. The maximum atomic E-state index is 5.84. The van der Waals surface area contributed by atoms with Crippen LogP contribution < -0.4 is 5.73 Å². The largest absolute Gasteiger partial charge is 0.396 e. The summed E-state index contributed by atoms with van der Waals surface area (Å²) in [6.07, 6.45) is 0. The second-order valence-corrected chi connectivity index (χ2v) is 4.21. The van der Waals surface area contributed by atoms with Crippen molar-refractivity contribution in [2.24, 2.45) is 0 Å². The van der Waals surface area contributed by atoms with Crippen molar-refractivity contribution in [1.29, 1.82) is 0 Å². The molecule has 14 heavy (non-hydrogen) atoms. The second kappa shape index (κ2) is 3.61. The monoisotopic (exact) mass is 197 g/mol. The summed E-state index contributed by atoms with van der Waals surface area (Å²) in [5.41, 5.74) is 8.29. The highest BCUT2D eigenvalue weighted by atomic mass is 16.5. The minimum atomic E-state index is -0.213. The average Bonchev–Trinajstić information content (AvgIpc) is 2.33. The van der Waals surface area contributed by atoms with E-state index in [-0.39, 0.29) is 5.60 Å². The lowest BCUT2D eigenvalue weighted by molar-refractivity contribution is 0.00492. The van der Waals surface area contributed by atoms with Gasteiger partial charge in [0.25, 0.3) is 0 Å². The van der Waals surface area contributed by atoms with Gasteiger partial charge in [0.05, 0.1) is 29.2 Å². The van der Waals surface area contributed by atoms with Crippen LogP contribution in [0.5, 0.6) is 0 Å². The quantitative estimate of drug-likeness (QED) is 0.799. The third-order valence-corrected chi connectivity index (χ3v) is 2.52. The number of nitrogens with two attached hydrogens (primary N) is 1. The van der Waals surface area contributed by atoms with E-state index in [1.54, 1.807) is 7.11 Å². The number of nitrogen functional groups attached to an aromatic ring is 1. The summed E-state index contributed by atoms with van der Waals surface area (Å²) in [7, 11) is 1.70. The molecule has 0 aliphatic heterocycles. The third kappa shape index (κ3) is 2.07. The van der Waals surface area contributed by atoms with Gasteiger partial charge in [-0.2, -0.15) is 5.10 Å². The summed E-state index contributed by atoms with van der Waals surface area (Å²) in [5, 5.41) is 4.35. The first-order chi connectivity index (χ1) is 6.37. The summed E-state index contributed by atoms with van der Waals surface area (Å²) < 4.78 is 7.24. The summed E-state index contributed by atoms with van der Waals surface area (Å²) >= 11 is 0. The molecule has 0 spiro atoms. The van der Waals surface area contributed by atoms with Crippen molar-refractivity contribution in [2.75, 3.05) is 12.8 Å². The lowest BCUT2D eigenvalue weighted by Crippen LogP contribution is -2.30. The van der Waals surface area contributed by atoms with Crippen LogP contribution in [0.25, 0.3) is 0 Å². The molecule has 0 saturated heterocycles. The Balaban J connectivity index is 2.93. The number of aromatic nitrogens is 2. The Labute approximate surface area is 85.0 Å². The zero-order valence-corrected chi connectivity index (χ0v) is 9.59. The van der Waals surface area contributed by atoms with Gasteiger partial charge in [-0.15, -0.1) is 0 Å². The number of rotatable bonds is 3. The summed E-state index contributed by atoms with van der Waals surface area (Å²) in [6.45, 7) is 8.66. The van der Waals surface area contributed by atoms with E-state index in [0.29, 0.717) is 6.54 Å². The molecule has 0 aliphatic carbocycles. The van der Waals surface area contributed by atoms with Crippen LogP contribution in [-0.2, 0) is 11.3 Å². The van der Waals surface area contributed by atoms with E-state index in [2.05, 4.69) is 5.10 Å². The van der Waals surface area contributed by atoms with Crippen LogP contribution in [0.3, 0.4) is 0 Å². The van der Waals surface area contributed by atoms with Crippen LogP contribution in [0.1, 0.15) is 25.2 Å². The highest BCUT2D eigenvalue weighted by Gasteiger charge is 2.20. The smallest absolute Gasteiger partial charge is 0.0825 e.